The molecule has 1 heteroatoms. The molecule has 62 valence electrons. The predicted octanol–water partition coefficient (Wildman–Crippen LogP) is 1.64. The molecule has 3 atom stereocenters. The summed E-state index contributed by atoms with van der Waals surface area (Å²) >= 11 is 0. The SMILES string of the molecule is CC#CCC(NC)C1CC1C. The maximum Gasteiger partial charge on any atom is 0.0245 e. The van der Waals surface area contributed by atoms with Crippen LogP contribution < -0.4 is 5.32 Å². The Labute approximate surface area is 69.6 Å². The Morgan fingerprint density at radius 1 is 1.64 bits per heavy atom. The lowest BCUT2D eigenvalue weighted by molar-refractivity contribution is 0.492. The van der Waals surface area contributed by atoms with Crippen LogP contribution in [0.25, 0.3) is 0 Å². The second-order valence-corrected chi connectivity index (χ2v) is 3.40. The second-order valence-electron chi connectivity index (χ2n) is 3.40. The van der Waals surface area contributed by atoms with E-state index in [1.54, 1.807) is 0 Å². The molecule has 0 radical (unpaired) electrons. The molecule has 1 nitrogen and oxygen atoms in total. The summed E-state index contributed by atoms with van der Waals surface area (Å²) in [5, 5.41) is 3.33. The monoisotopic (exact) mass is 151 g/mol. The minimum Gasteiger partial charge on any atom is -0.316 e. The van der Waals surface area contributed by atoms with Gasteiger partial charge in [0.25, 0.3) is 0 Å². The third-order valence-corrected chi connectivity index (χ3v) is 2.56. The molecule has 1 aliphatic carbocycles. The van der Waals surface area contributed by atoms with Gasteiger partial charge in [-0.05, 0) is 32.2 Å². The third-order valence-electron chi connectivity index (χ3n) is 2.56. The van der Waals surface area contributed by atoms with Crippen molar-refractivity contribution in [3.05, 3.63) is 0 Å². The zero-order valence-electron chi connectivity index (χ0n) is 7.65. The van der Waals surface area contributed by atoms with Crippen LogP contribution in [-0.2, 0) is 0 Å². The van der Waals surface area contributed by atoms with Crippen molar-refractivity contribution >= 4 is 0 Å². The van der Waals surface area contributed by atoms with Crippen LogP contribution in [0.1, 0.15) is 26.7 Å². The van der Waals surface area contributed by atoms with Gasteiger partial charge in [-0.2, -0.15) is 0 Å². The van der Waals surface area contributed by atoms with Crippen molar-refractivity contribution in [2.45, 2.75) is 32.7 Å². The van der Waals surface area contributed by atoms with E-state index in [4.69, 9.17) is 0 Å². The van der Waals surface area contributed by atoms with Gasteiger partial charge in [-0.3, -0.25) is 0 Å². The first-order valence-electron chi connectivity index (χ1n) is 4.36. The van der Waals surface area contributed by atoms with Crippen molar-refractivity contribution in [2.75, 3.05) is 7.05 Å². The van der Waals surface area contributed by atoms with E-state index < -0.39 is 0 Å². The van der Waals surface area contributed by atoms with Crippen LogP contribution in [0.2, 0.25) is 0 Å². The Morgan fingerprint density at radius 2 is 2.27 bits per heavy atom. The van der Waals surface area contributed by atoms with E-state index in [1.165, 1.54) is 6.42 Å². The van der Waals surface area contributed by atoms with Crippen LogP contribution in [-0.4, -0.2) is 13.1 Å². The Morgan fingerprint density at radius 3 is 2.64 bits per heavy atom. The minimum absolute atomic E-state index is 0.637. The fourth-order valence-corrected chi connectivity index (χ4v) is 1.59. The summed E-state index contributed by atoms with van der Waals surface area (Å²) in [6.07, 6.45) is 2.40. The van der Waals surface area contributed by atoms with Crippen LogP contribution in [0.15, 0.2) is 0 Å². The van der Waals surface area contributed by atoms with Crippen molar-refractivity contribution in [3.63, 3.8) is 0 Å². The second kappa shape index (κ2) is 3.78. The van der Waals surface area contributed by atoms with Gasteiger partial charge >= 0.3 is 0 Å². The van der Waals surface area contributed by atoms with Gasteiger partial charge in [0.05, 0.1) is 0 Å². The molecular formula is C10H17N. The molecule has 1 rings (SSSR count). The lowest BCUT2D eigenvalue weighted by Gasteiger charge is -2.11. The standard InChI is InChI=1S/C10H17N/c1-4-5-6-10(11-3)9-7-8(9)2/h8-11H,6-7H2,1-3H3. The summed E-state index contributed by atoms with van der Waals surface area (Å²) in [7, 11) is 2.03. The van der Waals surface area contributed by atoms with E-state index in [9.17, 15) is 0 Å². The average molecular weight is 151 g/mol. The molecule has 0 heterocycles. The zero-order valence-corrected chi connectivity index (χ0v) is 7.65. The molecule has 0 aromatic heterocycles. The van der Waals surface area contributed by atoms with Gasteiger partial charge in [0.15, 0.2) is 0 Å². The summed E-state index contributed by atoms with van der Waals surface area (Å²) in [4.78, 5) is 0. The van der Waals surface area contributed by atoms with Crippen molar-refractivity contribution < 1.29 is 0 Å². The molecule has 1 fully saturated rings. The van der Waals surface area contributed by atoms with Crippen LogP contribution >= 0.6 is 0 Å². The van der Waals surface area contributed by atoms with Gasteiger partial charge in [0.1, 0.15) is 0 Å². The highest BCUT2D eigenvalue weighted by molar-refractivity contribution is 5.03. The van der Waals surface area contributed by atoms with Gasteiger partial charge in [-0.25, -0.2) is 0 Å². The van der Waals surface area contributed by atoms with E-state index in [-0.39, 0.29) is 0 Å². The molecule has 0 aromatic rings. The van der Waals surface area contributed by atoms with Crippen LogP contribution in [0.5, 0.6) is 0 Å². The van der Waals surface area contributed by atoms with Crippen LogP contribution in [0, 0.1) is 23.7 Å². The normalized spacial score (nSPS) is 30.5. The van der Waals surface area contributed by atoms with E-state index >= 15 is 0 Å². The Kier molecular flexibility index (Phi) is 2.96. The minimum atomic E-state index is 0.637. The van der Waals surface area contributed by atoms with Crippen molar-refractivity contribution in [3.8, 4) is 11.8 Å². The van der Waals surface area contributed by atoms with Gasteiger partial charge < -0.3 is 5.32 Å². The van der Waals surface area contributed by atoms with E-state index in [0.29, 0.717) is 6.04 Å². The average Bonchev–Trinajstić information content (AvgIpc) is 2.69. The topological polar surface area (TPSA) is 12.0 Å². The maximum absolute atomic E-state index is 3.33. The van der Waals surface area contributed by atoms with Gasteiger partial charge in [-0.1, -0.05) is 6.92 Å². The lowest BCUT2D eigenvalue weighted by atomic mass is 10.1. The molecule has 0 amide bonds. The Hall–Kier alpha value is -0.480. The first-order valence-corrected chi connectivity index (χ1v) is 4.36. The van der Waals surface area contributed by atoms with Gasteiger partial charge in [-0.15, -0.1) is 11.8 Å². The molecule has 0 aliphatic heterocycles. The van der Waals surface area contributed by atoms with Crippen molar-refractivity contribution in [2.24, 2.45) is 11.8 Å². The Bertz CT molecular complexity index is 175. The summed E-state index contributed by atoms with van der Waals surface area (Å²) in [5.74, 6) is 7.88. The molecule has 0 spiro atoms. The van der Waals surface area contributed by atoms with Gasteiger partial charge in [0, 0.05) is 12.5 Å². The maximum atomic E-state index is 3.33. The van der Waals surface area contributed by atoms with Gasteiger partial charge in [0.2, 0.25) is 0 Å². The van der Waals surface area contributed by atoms with E-state index in [1.807, 2.05) is 14.0 Å². The van der Waals surface area contributed by atoms with E-state index in [2.05, 4.69) is 24.1 Å². The summed E-state index contributed by atoms with van der Waals surface area (Å²) in [6.45, 7) is 4.22. The predicted molar refractivity (Wildman–Crippen MR) is 48.2 cm³/mol. The highest BCUT2D eigenvalue weighted by Gasteiger charge is 2.38. The zero-order chi connectivity index (χ0) is 8.27. The molecule has 1 N–H and O–H groups in total. The first-order chi connectivity index (χ1) is 5.29. The molecule has 0 bridgehead atoms. The highest BCUT2D eigenvalue weighted by Crippen LogP contribution is 2.41. The first kappa shape index (κ1) is 8.62. The number of nitrogens with one attached hydrogen (secondary N) is 1. The summed E-state index contributed by atoms with van der Waals surface area (Å²) in [6, 6.07) is 0.637. The summed E-state index contributed by atoms with van der Waals surface area (Å²) in [5.41, 5.74) is 0. The van der Waals surface area contributed by atoms with Crippen LogP contribution in [0.3, 0.4) is 0 Å². The molecular weight excluding hydrogens is 134 g/mol. The van der Waals surface area contributed by atoms with E-state index in [0.717, 1.165) is 18.3 Å². The Balaban J connectivity index is 2.29. The fraction of sp³-hybridized carbons (Fsp3) is 0.800. The molecule has 1 aliphatic rings. The number of hydrogen-bond donors (Lipinski definition) is 1. The molecule has 1 saturated carbocycles. The molecule has 0 saturated heterocycles. The van der Waals surface area contributed by atoms with Crippen molar-refractivity contribution in [1.82, 2.24) is 5.32 Å². The third kappa shape index (κ3) is 2.24. The molecule has 0 aromatic carbocycles. The fourth-order valence-electron chi connectivity index (χ4n) is 1.59. The molecule has 11 heavy (non-hydrogen) atoms. The number of hydrogen-bond acceptors (Lipinski definition) is 1. The number of rotatable bonds is 3. The van der Waals surface area contributed by atoms with Crippen LogP contribution in [0.4, 0.5) is 0 Å². The largest absolute Gasteiger partial charge is 0.316 e. The quantitative estimate of drug-likeness (QED) is 0.605. The lowest BCUT2D eigenvalue weighted by Crippen LogP contribution is -2.27. The smallest absolute Gasteiger partial charge is 0.0245 e. The molecule has 3 unspecified atom stereocenters. The van der Waals surface area contributed by atoms with Crippen molar-refractivity contribution in [1.29, 1.82) is 0 Å². The highest BCUT2D eigenvalue weighted by atomic mass is 14.9. The summed E-state index contributed by atoms with van der Waals surface area (Å²) < 4.78 is 0.